The summed E-state index contributed by atoms with van der Waals surface area (Å²) in [5, 5.41) is 3.81. The Hall–Kier alpha value is -5.78. The number of para-hydroxylation sites is 1. The van der Waals surface area contributed by atoms with Crippen molar-refractivity contribution in [2.24, 2.45) is 16.7 Å². The van der Waals surface area contributed by atoms with Crippen LogP contribution in [0.1, 0.15) is 97.8 Å². The molecule has 1 saturated carbocycles. The maximum absolute atomic E-state index is 6.49. The van der Waals surface area contributed by atoms with Crippen molar-refractivity contribution in [3.63, 3.8) is 0 Å². The quantitative estimate of drug-likeness (QED) is 0.135. The minimum atomic E-state index is -1.36. The number of hydrogen-bond donors (Lipinski definition) is 0. The van der Waals surface area contributed by atoms with Crippen LogP contribution in [0, 0.1) is 16.7 Å². The Morgan fingerprint density at radius 1 is 0.528 bits per heavy atom. The molecule has 0 amide bonds. The SMILES string of the molecule is CC(C)(C)Cc1cc(-c2ccccc2)ncc1[Si](C)(C)C.CC(C)(C)Cc1ccnc(-c2ccccc2)c1.CC(C)(c1ccnc(-c2ccc(-c3ccccc3)c3c2oc2ccccc23)c1)C1CCCC1.[Ir]. The summed E-state index contributed by atoms with van der Waals surface area (Å²) in [6.07, 6.45) is 13.6. The monoisotopic (exact) mass is 1150 g/mol. The Kier molecular flexibility index (Phi) is 17.2. The van der Waals surface area contributed by atoms with E-state index in [-0.39, 0.29) is 25.5 Å². The number of furan rings is 1. The van der Waals surface area contributed by atoms with Crippen molar-refractivity contribution in [1.29, 1.82) is 0 Å². The van der Waals surface area contributed by atoms with Crippen molar-refractivity contribution in [2.75, 3.05) is 0 Å². The van der Waals surface area contributed by atoms with E-state index in [0.717, 1.165) is 63.3 Å². The number of fused-ring (bicyclic) bond motifs is 3. The average Bonchev–Trinajstić information content (AvgIpc) is 4.04. The summed E-state index contributed by atoms with van der Waals surface area (Å²) in [7, 11) is -1.36. The molecular weight excluding hydrogens is 1070 g/mol. The fourth-order valence-corrected chi connectivity index (χ4v) is 11.9. The van der Waals surface area contributed by atoms with Gasteiger partial charge in [0.2, 0.25) is 0 Å². The van der Waals surface area contributed by atoms with E-state index in [1.165, 1.54) is 69.8 Å². The van der Waals surface area contributed by atoms with Crippen molar-refractivity contribution < 1.29 is 24.5 Å². The van der Waals surface area contributed by atoms with E-state index in [9.17, 15) is 0 Å². The molecule has 0 saturated heterocycles. The van der Waals surface area contributed by atoms with Crippen molar-refractivity contribution in [3.05, 3.63) is 193 Å². The largest absolute Gasteiger partial charge is 0.455 e. The van der Waals surface area contributed by atoms with Crippen LogP contribution in [0.25, 0.3) is 66.8 Å². The molecule has 6 heteroatoms. The van der Waals surface area contributed by atoms with Gasteiger partial charge in [-0.1, -0.05) is 203 Å². The first-order valence-electron chi connectivity index (χ1n) is 25.9. The summed E-state index contributed by atoms with van der Waals surface area (Å²) in [5.41, 5.74) is 15.8. The Balaban J connectivity index is 0.000000169. The first-order chi connectivity index (χ1) is 33.8. The summed E-state index contributed by atoms with van der Waals surface area (Å²) in [4.78, 5) is 14.0. The van der Waals surface area contributed by atoms with Gasteiger partial charge in [-0.25, -0.2) is 0 Å². The van der Waals surface area contributed by atoms with E-state index in [1.807, 2.05) is 36.7 Å². The van der Waals surface area contributed by atoms with Gasteiger partial charge in [0.1, 0.15) is 11.2 Å². The van der Waals surface area contributed by atoms with Gasteiger partial charge >= 0.3 is 0 Å². The van der Waals surface area contributed by atoms with Crippen molar-refractivity contribution in [3.8, 4) is 44.9 Å². The predicted molar refractivity (Wildman–Crippen MR) is 306 cm³/mol. The fourth-order valence-electron chi connectivity index (χ4n) is 10.4. The van der Waals surface area contributed by atoms with E-state index in [0.29, 0.717) is 10.8 Å². The molecular formula is C66H75IrN3OSi. The van der Waals surface area contributed by atoms with Gasteiger partial charge in [0.05, 0.1) is 25.2 Å². The van der Waals surface area contributed by atoms with Gasteiger partial charge in [0.15, 0.2) is 0 Å². The third-order valence-corrected chi connectivity index (χ3v) is 16.0. The van der Waals surface area contributed by atoms with Crippen LogP contribution in [0.15, 0.2) is 181 Å². The molecule has 0 bridgehead atoms. The summed E-state index contributed by atoms with van der Waals surface area (Å²) in [6.45, 7) is 25.7. The van der Waals surface area contributed by atoms with Crippen LogP contribution in [0.5, 0.6) is 0 Å². The van der Waals surface area contributed by atoms with Crippen LogP contribution in [-0.2, 0) is 38.4 Å². The van der Waals surface area contributed by atoms with Crippen LogP contribution in [0.3, 0.4) is 0 Å². The van der Waals surface area contributed by atoms with Gasteiger partial charge in [-0.05, 0) is 123 Å². The molecule has 4 nitrogen and oxygen atoms in total. The van der Waals surface area contributed by atoms with Crippen LogP contribution < -0.4 is 5.19 Å². The zero-order valence-electron chi connectivity index (χ0n) is 44.6. The van der Waals surface area contributed by atoms with Gasteiger partial charge < -0.3 is 4.42 Å². The second-order valence-corrected chi connectivity index (χ2v) is 28.7. The van der Waals surface area contributed by atoms with Crippen molar-refractivity contribution in [2.45, 2.75) is 119 Å². The second-order valence-electron chi connectivity index (χ2n) is 23.7. The molecule has 1 fully saturated rings. The van der Waals surface area contributed by atoms with Crippen molar-refractivity contribution >= 4 is 35.2 Å². The van der Waals surface area contributed by atoms with E-state index in [1.54, 1.807) is 0 Å². The minimum Gasteiger partial charge on any atom is -0.455 e. The van der Waals surface area contributed by atoms with Crippen LogP contribution >= 0.6 is 0 Å². The normalized spacial score (nSPS) is 13.2. The number of aromatic nitrogens is 3. The molecule has 0 atom stereocenters. The minimum absolute atomic E-state index is 0. The smallest absolute Gasteiger partial charge is 0.145 e. The van der Waals surface area contributed by atoms with Crippen LogP contribution in [-0.4, -0.2) is 23.0 Å². The fraction of sp³-hybridized carbons (Fsp3) is 0.318. The Morgan fingerprint density at radius 3 is 1.65 bits per heavy atom. The third kappa shape index (κ3) is 13.4. The second kappa shape index (κ2) is 23.0. The van der Waals surface area contributed by atoms with Gasteiger partial charge in [-0.2, -0.15) is 0 Å². The number of rotatable bonds is 9. The van der Waals surface area contributed by atoms with Crippen LogP contribution in [0.4, 0.5) is 0 Å². The van der Waals surface area contributed by atoms with Gasteiger partial charge in [-0.15, -0.1) is 0 Å². The van der Waals surface area contributed by atoms with Gasteiger partial charge in [0, 0.05) is 66.2 Å². The topological polar surface area (TPSA) is 51.8 Å². The Morgan fingerprint density at radius 2 is 1.06 bits per heavy atom. The molecule has 4 aromatic heterocycles. The molecule has 1 radical (unpaired) electrons. The summed E-state index contributed by atoms with van der Waals surface area (Å²) < 4.78 is 6.49. The molecule has 10 rings (SSSR count). The first kappa shape index (κ1) is 54.0. The van der Waals surface area contributed by atoms with E-state index in [2.05, 4.69) is 220 Å². The number of hydrogen-bond acceptors (Lipinski definition) is 4. The summed E-state index contributed by atoms with van der Waals surface area (Å²) >= 11 is 0. The van der Waals surface area contributed by atoms with Gasteiger partial charge in [0.25, 0.3) is 0 Å². The van der Waals surface area contributed by atoms with Crippen molar-refractivity contribution in [1.82, 2.24) is 15.0 Å². The van der Waals surface area contributed by atoms with Crippen LogP contribution in [0.2, 0.25) is 19.6 Å². The summed E-state index contributed by atoms with van der Waals surface area (Å²) in [5.74, 6) is 0.736. The van der Waals surface area contributed by atoms with E-state index < -0.39 is 8.07 Å². The predicted octanol–water partition coefficient (Wildman–Crippen LogP) is 18.0. The molecule has 4 heterocycles. The number of nitrogens with zero attached hydrogens (tertiary/aromatic N) is 3. The molecule has 0 aliphatic heterocycles. The zero-order chi connectivity index (χ0) is 50.4. The molecule has 1 aliphatic rings. The van der Waals surface area contributed by atoms with E-state index in [4.69, 9.17) is 14.4 Å². The molecule has 0 N–H and O–H groups in total. The molecule has 5 aromatic carbocycles. The average molecular weight is 1150 g/mol. The van der Waals surface area contributed by atoms with E-state index >= 15 is 0 Å². The molecule has 0 spiro atoms. The first-order valence-corrected chi connectivity index (χ1v) is 29.4. The zero-order valence-corrected chi connectivity index (χ0v) is 48.0. The molecule has 0 unspecified atom stereocenters. The summed E-state index contributed by atoms with van der Waals surface area (Å²) in [6, 6.07) is 55.2. The molecule has 373 valence electrons. The number of pyridine rings is 3. The maximum atomic E-state index is 6.49. The van der Waals surface area contributed by atoms with Gasteiger partial charge in [-0.3, -0.25) is 15.0 Å². The maximum Gasteiger partial charge on any atom is 0.145 e. The Bertz CT molecular complexity index is 3170. The third-order valence-electron chi connectivity index (χ3n) is 14.0. The standard InChI is InChI=1S/C31H29NO.C19H27NSi.C16H19N.Ir/c1-31(2,22-12-6-7-13-22)23-18-19-32-27(20-23)25-17-16-24(21-10-4-3-5-11-21)29-26-14-8-9-15-28(26)33-30(25)29;1-19(2,3)13-16-12-17(15-10-8-7-9-11-15)20-14-18(16)21(4,5)6;1-16(2,3)12-13-9-10-17-15(11-13)14-7-5-4-6-8-14;/h3-5,8-11,14-20,22H,6-7,12-13H2,1-2H3;7-12,14H,13H2,1-6H3;4-11H,12H2,1-3H3;. The number of benzene rings is 5. The molecule has 72 heavy (non-hydrogen) atoms. The Labute approximate surface area is 445 Å². The molecule has 1 aliphatic carbocycles. The molecule has 9 aromatic rings.